The highest BCUT2D eigenvalue weighted by atomic mass is 35.5. The van der Waals surface area contributed by atoms with Crippen molar-refractivity contribution in [2.45, 2.75) is 38.5 Å². The molecule has 0 N–H and O–H groups in total. The number of anilines is 1. The van der Waals surface area contributed by atoms with Crippen molar-refractivity contribution >= 4 is 34.0 Å². The first-order valence-electron chi connectivity index (χ1n) is 13.5. The van der Waals surface area contributed by atoms with Gasteiger partial charge < -0.3 is 19.1 Å². The Balaban J connectivity index is 1.24. The van der Waals surface area contributed by atoms with Crippen LogP contribution in [0.15, 0.2) is 48.7 Å². The molecule has 9 heteroatoms. The minimum atomic E-state index is -0.309. The largest absolute Gasteiger partial charge is 0.494 e. The summed E-state index contributed by atoms with van der Waals surface area (Å²) in [6, 6.07) is 12.1. The topological polar surface area (TPSA) is 60.9 Å². The average molecular weight is 573 g/mol. The van der Waals surface area contributed by atoms with Crippen molar-refractivity contribution in [1.29, 1.82) is 0 Å². The molecule has 0 amide bonds. The summed E-state index contributed by atoms with van der Waals surface area (Å²) < 4.78 is 30.4. The Hall–Kier alpha value is -2.68. The quantitative estimate of drug-likeness (QED) is 0.263. The standard InChI is InChI=1S/C30H34ClFN2O4S/c1-36-28(35)17-21-15-24(31)19-26(16-21)38-14-9-30(23-5-12-37-13-6-23)7-10-34(11-8-30)29-33-20-27(39-29)22-3-2-4-25(32)18-22/h2-4,15-16,18-20,23H,5-14,17H2,1H3. The molecule has 6 nitrogen and oxygen atoms in total. The van der Waals surface area contributed by atoms with Gasteiger partial charge in [0.2, 0.25) is 0 Å². The van der Waals surface area contributed by atoms with Crippen LogP contribution in [0.1, 0.15) is 37.7 Å². The van der Waals surface area contributed by atoms with E-state index in [1.807, 2.05) is 18.3 Å². The number of thiazole rings is 1. The lowest BCUT2D eigenvalue weighted by Gasteiger charge is -2.48. The van der Waals surface area contributed by atoms with E-state index in [9.17, 15) is 9.18 Å². The number of halogens is 2. The highest BCUT2D eigenvalue weighted by molar-refractivity contribution is 7.18. The van der Waals surface area contributed by atoms with Crippen molar-refractivity contribution in [2.75, 3.05) is 44.9 Å². The van der Waals surface area contributed by atoms with E-state index in [0.717, 1.165) is 79.5 Å². The Bertz CT molecular complexity index is 1270. The molecule has 0 aliphatic carbocycles. The summed E-state index contributed by atoms with van der Waals surface area (Å²) in [4.78, 5) is 19.7. The highest BCUT2D eigenvalue weighted by Crippen LogP contribution is 2.47. The molecule has 1 aromatic heterocycles. The van der Waals surface area contributed by atoms with E-state index in [2.05, 4.69) is 9.88 Å². The summed E-state index contributed by atoms with van der Waals surface area (Å²) in [6.07, 6.45) is 7.20. The second-order valence-corrected chi connectivity index (χ2v) is 11.8. The molecule has 3 heterocycles. The molecule has 5 rings (SSSR count). The summed E-state index contributed by atoms with van der Waals surface area (Å²) in [5, 5.41) is 1.53. The molecule has 2 aliphatic rings. The van der Waals surface area contributed by atoms with Crippen LogP contribution in [0.2, 0.25) is 5.02 Å². The number of ether oxygens (including phenoxy) is 3. The monoisotopic (exact) mass is 572 g/mol. The van der Waals surface area contributed by atoms with E-state index in [-0.39, 0.29) is 23.6 Å². The molecule has 2 aliphatic heterocycles. The number of aromatic nitrogens is 1. The predicted molar refractivity (Wildman–Crippen MR) is 152 cm³/mol. The van der Waals surface area contributed by atoms with Gasteiger partial charge in [-0.15, -0.1) is 0 Å². The average Bonchev–Trinajstić information content (AvgIpc) is 3.44. The first kappa shape index (κ1) is 27.9. The number of esters is 1. The van der Waals surface area contributed by atoms with E-state index in [1.165, 1.54) is 13.2 Å². The molecule has 2 aromatic carbocycles. The van der Waals surface area contributed by atoms with Gasteiger partial charge in [0, 0.05) is 37.5 Å². The Morgan fingerprint density at radius 1 is 1.21 bits per heavy atom. The van der Waals surface area contributed by atoms with E-state index < -0.39 is 0 Å². The summed E-state index contributed by atoms with van der Waals surface area (Å²) in [5.41, 5.74) is 1.80. The normalized spacial score (nSPS) is 17.7. The van der Waals surface area contributed by atoms with Gasteiger partial charge in [-0.2, -0.15) is 0 Å². The number of carbonyl (C=O) groups is 1. The lowest BCUT2D eigenvalue weighted by Crippen LogP contribution is -2.46. The minimum Gasteiger partial charge on any atom is -0.494 e. The lowest BCUT2D eigenvalue weighted by atomic mass is 9.64. The number of hydrogen-bond acceptors (Lipinski definition) is 7. The molecule has 0 saturated carbocycles. The fourth-order valence-corrected chi connectivity index (χ4v) is 7.13. The Labute approximate surface area is 238 Å². The van der Waals surface area contributed by atoms with E-state index in [0.29, 0.717) is 23.3 Å². The third kappa shape index (κ3) is 6.91. The third-order valence-corrected chi connectivity index (χ3v) is 9.42. The number of benzene rings is 2. The van der Waals surface area contributed by atoms with E-state index in [1.54, 1.807) is 35.6 Å². The first-order valence-corrected chi connectivity index (χ1v) is 14.7. The Kier molecular flexibility index (Phi) is 9.05. The van der Waals surface area contributed by atoms with Gasteiger partial charge in [0.05, 0.1) is 25.0 Å². The number of carbonyl (C=O) groups excluding carboxylic acids is 1. The summed E-state index contributed by atoms with van der Waals surface area (Å²) >= 11 is 7.92. The van der Waals surface area contributed by atoms with Crippen LogP contribution in [-0.2, 0) is 20.7 Å². The van der Waals surface area contributed by atoms with Crippen molar-refractivity contribution in [3.63, 3.8) is 0 Å². The van der Waals surface area contributed by atoms with Gasteiger partial charge in [-0.1, -0.05) is 35.1 Å². The zero-order valence-corrected chi connectivity index (χ0v) is 23.7. The molecule has 3 aromatic rings. The summed E-state index contributed by atoms with van der Waals surface area (Å²) in [5.74, 6) is 0.720. The number of methoxy groups -OCH3 is 1. The molecule has 2 saturated heterocycles. The zero-order chi connectivity index (χ0) is 27.2. The molecule has 39 heavy (non-hydrogen) atoms. The van der Waals surface area contributed by atoms with Gasteiger partial charge in [0.1, 0.15) is 11.6 Å². The minimum absolute atomic E-state index is 0.160. The van der Waals surface area contributed by atoms with E-state index >= 15 is 0 Å². The number of piperidine rings is 1. The fourth-order valence-electron chi connectivity index (χ4n) is 5.92. The van der Waals surface area contributed by atoms with Gasteiger partial charge in [0.15, 0.2) is 5.13 Å². The van der Waals surface area contributed by atoms with Gasteiger partial charge in [-0.3, -0.25) is 4.79 Å². The predicted octanol–water partition coefficient (Wildman–Crippen LogP) is 6.80. The molecular weight excluding hydrogens is 539 g/mol. The Morgan fingerprint density at radius 3 is 2.74 bits per heavy atom. The van der Waals surface area contributed by atoms with Crippen molar-refractivity contribution in [3.05, 3.63) is 65.1 Å². The Morgan fingerprint density at radius 2 is 2.00 bits per heavy atom. The highest BCUT2D eigenvalue weighted by Gasteiger charge is 2.42. The number of rotatable bonds is 9. The van der Waals surface area contributed by atoms with Crippen LogP contribution < -0.4 is 9.64 Å². The summed E-state index contributed by atoms with van der Waals surface area (Å²) in [7, 11) is 1.38. The van der Waals surface area contributed by atoms with Crippen LogP contribution in [0.3, 0.4) is 0 Å². The summed E-state index contributed by atoms with van der Waals surface area (Å²) in [6.45, 7) is 4.05. The fraction of sp³-hybridized carbons (Fsp3) is 0.467. The van der Waals surface area contributed by atoms with Gasteiger partial charge in [-0.25, -0.2) is 9.37 Å². The maximum absolute atomic E-state index is 13.7. The van der Waals surface area contributed by atoms with Gasteiger partial charge in [-0.05, 0) is 84.9 Å². The van der Waals surface area contributed by atoms with Crippen LogP contribution in [0.4, 0.5) is 9.52 Å². The first-order chi connectivity index (χ1) is 18.9. The number of hydrogen-bond donors (Lipinski definition) is 0. The van der Waals surface area contributed by atoms with Crippen LogP contribution in [0, 0.1) is 17.2 Å². The second-order valence-electron chi connectivity index (χ2n) is 10.4. The van der Waals surface area contributed by atoms with Crippen LogP contribution in [0.25, 0.3) is 10.4 Å². The SMILES string of the molecule is COC(=O)Cc1cc(Cl)cc(OCCC2(C3CCOCC3)CCN(c3ncc(-c4cccc(F)c4)s3)CC2)c1. The molecule has 0 unspecified atom stereocenters. The van der Waals surface area contributed by atoms with Crippen molar-refractivity contribution < 1.29 is 23.4 Å². The van der Waals surface area contributed by atoms with Crippen LogP contribution in [-0.4, -0.2) is 51.0 Å². The maximum Gasteiger partial charge on any atom is 0.309 e. The van der Waals surface area contributed by atoms with Gasteiger partial charge >= 0.3 is 5.97 Å². The molecule has 0 spiro atoms. The maximum atomic E-state index is 13.7. The van der Waals surface area contributed by atoms with Crippen molar-refractivity contribution in [1.82, 2.24) is 4.98 Å². The van der Waals surface area contributed by atoms with Crippen LogP contribution >= 0.6 is 22.9 Å². The molecule has 0 radical (unpaired) electrons. The van der Waals surface area contributed by atoms with E-state index in [4.69, 9.17) is 25.8 Å². The molecule has 2 fully saturated rings. The third-order valence-electron chi connectivity index (χ3n) is 8.10. The smallest absolute Gasteiger partial charge is 0.309 e. The van der Waals surface area contributed by atoms with Crippen molar-refractivity contribution in [2.24, 2.45) is 11.3 Å². The van der Waals surface area contributed by atoms with Crippen LogP contribution in [0.5, 0.6) is 5.75 Å². The molecule has 208 valence electrons. The lowest BCUT2D eigenvalue weighted by molar-refractivity contribution is -0.139. The second kappa shape index (κ2) is 12.7. The molecule has 0 bridgehead atoms. The molecular formula is C30H34ClFN2O4S. The van der Waals surface area contributed by atoms with Gasteiger partial charge in [0.25, 0.3) is 0 Å². The molecule has 0 atom stereocenters. The van der Waals surface area contributed by atoms with Crippen molar-refractivity contribution in [3.8, 4) is 16.2 Å². The zero-order valence-electron chi connectivity index (χ0n) is 22.2. The number of nitrogens with zero attached hydrogens (tertiary/aromatic N) is 2.